The Labute approximate surface area is 120 Å². The van der Waals surface area contributed by atoms with Crippen LogP contribution in [0.25, 0.3) is 0 Å². The number of nitrogens with one attached hydrogen (secondary N) is 1. The van der Waals surface area contributed by atoms with Gasteiger partial charge in [0.25, 0.3) is 5.69 Å². The van der Waals surface area contributed by atoms with Crippen LogP contribution in [0, 0.1) is 15.9 Å². The molecule has 4 nitrogen and oxygen atoms in total. The number of nitro benzene ring substituents is 1. The predicted molar refractivity (Wildman–Crippen MR) is 76.5 cm³/mol. The average Bonchev–Trinajstić information content (AvgIpc) is 2.37. The molecular formula is C14H12ClFN2O2. The maximum absolute atomic E-state index is 13.3. The number of nitro groups is 1. The van der Waals surface area contributed by atoms with E-state index in [1.165, 1.54) is 12.1 Å². The van der Waals surface area contributed by atoms with Gasteiger partial charge in [-0.2, -0.15) is 0 Å². The number of rotatable bonds is 4. The van der Waals surface area contributed by atoms with Crippen molar-refractivity contribution in [2.75, 3.05) is 5.32 Å². The summed E-state index contributed by atoms with van der Waals surface area (Å²) in [4.78, 5) is 10.1. The molecular weight excluding hydrogens is 283 g/mol. The van der Waals surface area contributed by atoms with Gasteiger partial charge in [0.2, 0.25) is 0 Å². The fourth-order valence-electron chi connectivity index (χ4n) is 1.87. The SMILES string of the molecule is CC(Nc1cc(F)cc([N+](=O)[O-])c1)c1cccc(Cl)c1. The van der Waals surface area contributed by atoms with E-state index >= 15 is 0 Å². The molecule has 0 radical (unpaired) electrons. The number of benzene rings is 2. The molecule has 2 aromatic carbocycles. The number of hydrogen-bond donors (Lipinski definition) is 1. The fraction of sp³-hybridized carbons (Fsp3) is 0.143. The highest BCUT2D eigenvalue weighted by Crippen LogP contribution is 2.25. The number of hydrogen-bond acceptors (Lipinski definition) is 3. The summed E-state index contributed by atoms with van der Waals surface area (Å²) in [5, 5.41) is 14.3. The summed E-state index contributed by atoms with van der Waals surface area (Å²) < 4.78 is 13.3. The minimum atomic E-state index is -0.653. The van der Waals surface area contributed by atoms with Crippen molar-refractivity contribution in [2.45, 2.75) is 13.0 Å². The van der Waals surface area contributed by atoms with Gasteiger partial charge in [-0.15, -0.1) is 0 Å². The first-order valence-corrected chi connectivity index (χ1v) is 6.30. The second-order valence-corrected chi connectivity index (χ2v) is 4.81. The Kier molecular flexibility index (Phi) is 4.20. The molecule has 20 heavy (non-hydrogen) atoms. The van der Waals surface area contributed by atoms with Crippen molar-refractivity contribution in [3.63, 3.8) is 0 Å². The van der Waals surface area contributed by atoms with E-state index < -0.39 is 10.7 Å². The van der Waals surface area contributed by atoms with Crippen molar-refractivity contribution in [1.82, 2.24) is 0 Å². The van der Waals surface area contributed by atoms with Gasteiger partial charge < -0.3 is 5.32 Å². The fourth-order valence-corrected chi connectivity index (χ4v) is 2.07. The van der Waals surface area contributed by atoms with E-state index in [0.717, 1.165) is 11.6 Å². The molecule has 0 saturated carbocycles. The summed E-state index contributed by atoms with van der Waals surface area (Å²) in [6.07, 6.45) is 0. The van der Waals surface area contributed by atoms with E-state index in [0.29, 0.717) is 10.7 Å². The first kappa shape index (κ1) is 14.3. The second-order valence-electron chi connectivity index (χ2n) is 4.38. The minimum absolute atomic E-state index is 0.157. The van der Waals surface area contributed by atoms with Gasteiger partial charge in [0.1, 0.15) is 5.82 Å². The summed E-state index contributed by atoms with van der Waals surface area (Å²) in [6, 6.07) is 10.5. The molecule has 0 saturated heterocycles. The molecule has 2 aromatic rings. The van der Waals surface area contributed by atoms with Crippen LogP contribution in [0.5, 0.6) is 0 Å². The van der Waals surface area contributed by atoms with Gasteiger partial charge in [0.15, 0.2) is 0 Å². The molecule has 1 atom stereocenters. The maximum atomic E-state index is 13.3. The van der Waals surface area contributed by atoms with Crippen molar-refractivity contribution >= 4 is 23.0 Å². The Morgan fingerprint density at radius 2 is 2.05 bits per heavy atom. The Morgan fingerprint density at radius 1 is 1.30 bits per heavy atom. The predicted octanol–water partition coefficient (Wildman–Crippen LogP) is 4.56. The molecule has 0 aliphatic rings. The summed E-state index contributed by atoms with van der Waals surface area (Å²) in [6.45, 7) is 1.86. The number of halogens is 2. The van der Waals surface area contributed by atoms with Gasteiger partial charge in [0.05, 0.1) is 11.0 Å². The van der Waals surface area contributed by atoms with Crippen LogP contribution >= 0.6 is 11.6 Å². The Balaban J connectivity index is 2.23. The van der Waals surface area contributed by atoms with Gasteiger partial charge in [-0.1, -0.05) is 23.7 Å². The maximum Gasteiger partial charge on any atom is 0.274 e. The highest BCUT2D eigenvalue weighted by Gasteiger charge is 2.12. The molecule has 0 spiro atoms. The molecule has 0 aliphatic heterocycles. The number of anilines is 1. The molecule has 0 bridgehead atoms. The molecule has 104 valence electrons. The molecule has 0 heterocycles. The molecule has 6 heteroatoms. The molecule has 0 aliphatic carbocycles. The normalized spacial score (nSPS) is 11.9. The Bertz CT molecular complexity index is 649. The third kappa shape index (κ3) is 3.45. The van der Waals surface area contributed by atoms with Gasteiger partial charge in [-0.25, -0.2) is 4.39 Å². The standard InChI is InChI=1S/C14H12ClFN2O2/c1-9(10-3-2-4-11(15)5-10)17-13-6-12(16)7-14(8-13)18(19)20/h2-9,17H,1H3. The van der Waals surface area contributed by atoms with Crippen molar-refractivity contribution in [2.24, 2.45) is 0 Å². The van der Waals surface area contributed by atoms with Crippen LogP contribution in [0.2, 0.25) is 5.02 Å². The molecule has 1 unspecified atom stereocenters. The molecule has 0 amide bonds. The van der Waals surface area contributed by atoms with Crippen LogP contribution in [0.4, 0.5) is 15.8 Å². The highest BCUT2D eigenvalue weighted by molar-refractivity contribution is 6.30. The van der Waals surface area contributed by atoms with Crippen LogP contribution in [0.15, 0.2) is 42.5 Å². The monoisotopic (exact) mass is 294 g/mol. The lowest BCUT2D eigenvalue weighted by Crippen LogP contribution is -2.07. The molecule has 0 aromatic heterocycles. The van der Waals surface area contributed by atoms with Crippen LogP contribution < -0.4 is 5.32 Å². The zero-order valence-corrected chi connectivity index (χ0v) is 11.4. The van der Waals surface area contributed by atoms with E-state index in [9.17, 15) is 14.5 Å². The van der Waals surface area contributed by atoms with Crippen LogP contribution in [-0.4, -0.2) is 4.92 Å². The first-order chi connectivity index (χ1) is 9.45. The minimum Gasteiger partial charge on any atom is -0.378 e. The van der Waals surface area contributed by atoms with Gasteiger partial charge in [-0.3, -0.25) is 10.1 Å². The van der Waals surface area contributed by atoms with Crippen LogP contribution in [0.1, 0.15) is 18.5 Å². The lowest BCUT2D eigenvalue weighted by molar-refractivity contribution is -0.385. The quantitative estimate of drug-likeness (QED) is 0.664. The van der Waals surface area contributed by atoms with Crippen molar-refractivity contribution < 1.29 is 9.31 Å². The van der Waals surface area contributed by atoms with Crippen LogP contribution in [-0.2, 0) is 0 Å². The molecule has 0 fully saturated rings. The summed E-state index contributed by atoms with van der Waals surface area (Å²) >= 11 is 5.91. The largest absolute Gasteiger partial charge is 0.378 e. The summed E-state index contributed by atoms with van der Waals surface area (Å²) in [5.74, 6) is -0.653. The lowest BCUT2D eigenvalue weighted by Gasteiger charge is -2.16. The highest BCUT2D eigenvalue weighted by atomic mass is 35.5. The van der Waals surface area contributed by atoms with Gasteiger partial charge >= 0.3 is 0 Å². The Hall–Kier alpha value is -2.14. The average molecular weight is 295 g/mol. The molecule has 1 N–H and O–H groups in total. The van der Waals surface area contributed by atoms with E-state index in [1.807, 2.05) is 19.1 Å². The number of non-ortho nitro benzene ring substituents is 1. The van der Waals surface area contributed by atoms with Gasteiger partial charge in [0, 0.05) is 22.8 Å². The van der Waals surface area contributed by atoms with E-state index in [2.05, 4.69) is 5.32 Å². The molecule has 2 rings (SSSR count). The number of nitrogens with zero attached hydrogens (tertiary/aromatic N) is 1. The van der Waals surface area contributed by atoms with Gasteiger partial charge in [-0.05, 0) is 30.7 Å². The lowest BCUT2D eigenvalue weighted by atomic mass is 10.1. The zero-order valence-electron chi connectivity index (χ0n) is 10.6. The van der Waals surface area contributed by atoms with Crippen LogP contribution in [0.3, 0.4) is 0 Å². The first-order valence-electron chi connectivity index (χ1n) is 5.92. The van der Waals surface area contributed by atoms with Crippen molar-refractivity contribution in [3.05, 3.63) is 69.0 Å². The Morgan fingerprint density at radius 3 is 2.70 bits per heavy atom. The third-order valence-electron chi connectivity index (χ3n) is 2.83. The van der Waals surface area contributed by atoms with E-state index in [-0.39, 0.29) is 11.7 Å². The topological polar surface area (TPSA) is 55.2 Å². The smallest absolute Gasteiger partial charge is 0.274 e. The van der Waals surface area contributed by atoms with Crippen molar-refractivity contribution in [1.29, 1.82) is 0 Å². The third-order valence-corrected chi connectivity index (χ3v) is 3.06. The van der Waals surface area contributed by atoms with E-state index in [1.54, 1.807) is 12.1 Å². The second kappa shape index (κ2) is 5.88. The summed E-state index contributed by atoms with van der Waals surface area (Å²) in [7, 11) is 0. The zero-order chi connectivity index (χ0) is 14.7. The van der Waals surface area contributed by atoms with E-state index in [4.69, 9.17) is 11.6 Å². The summed E-state index contributed by atoms with van der Waals surface area (Å²) in [5.41, 5.74) is 0.972. The van der Waals surface area contributed by atoms with Crippen molar-refractivity contribution in [3.8, 4) is 0 Å².